The Bertz CT molecular complexity index is 555. The van der Waals surface area contributed by atoms with E-state index >= 15 is 0 Å². The van der Waals surface area contributed by atoms with Gasteiger partial charge >= 0.3 is 5.97 Å². The van der Waals surface area contributed by atoms with Gasteiger partial charge in [0.15, 0.2) is 0 Å². The fourth-order valence-corrected chi connectivity index (χ4v) is 3.16. The van der Waals surface area contributed by atoms with E-state index in [1.807, 2.05) is 12.1 Å². The van der Waals surface area contributed by atoms with Gasteiger partial charge in [0.1, 0.15) is 5.54 Å². The summed E-state index contributed by atoms with van der Waals surface area (Å²) in [6.45, 7) is 3.39. The number of carbonyl (C=O) groups excluding carboxylic acids is 1. The quantitative estimate of drug-likeness (QED) is 0.822. The number of carbonyl (C=O) groups is 2. The maximum atomic E-state index is 11.8. The average Bonchev–Trinajstić information content (AvgIpc) is 2.85. The number of rotatable bonds is 5. The normalized spacial score (nSPS) is 24.5. The summed E-state index contributed by atoms with van der Waals surface area (Å²) in [6.07, 6.45) is 3.71. The SMILES string of the molecule is C=CC(=O)NC1(C(=O)O)CCCC1Cc1ccc(Cl)cc1. The third-order valence-corrected chi connectivity index (χ3v) is 4.38. The minimum atomic E-state index is -1.20. The van der Waals surface area contributed by atoms with Gasteiger partial charge in [0, 0.05) is 5.02 Å². The molecule has 0 radical (unpaired) electrons. The molecule has 0 aliphatic heterocycles. The summed E-state index contributed by atoms with van der Waals surface area (Å²) in [5, 5.41) is 12.9. The maximum Gasteiger partial charge on any atom is 0.329 e. The molecule has 2 rings (SSSR count). The number of nitrogens with one attached hydrogen (secondary N) is 1. The zero-order chi connectivity index (χ0) is 15.5. The van der Waals surface area contributed by atoms with Crippen molar-refractivity contribution >= 4 is 23.5 Å². The summed E-state index contributed by atoms with van der Waals surface area (Å²) in [6, 6.07) is 7.36. The Balaban J connectivity index is 2.23. The first-order valence-electron chi connectivity index (χ1n) is 6.90. The minimum absolute atomic E-state index is 0.139. The highest BCUT2D eigenvalue weighted by Crippen LogP contribution is 2.38. The van der Waals surface area contributed by atoms with Crippen molar-refractivity contribution in [3.05, 3.63) is 47.5 Å². The smallest absolute Gasteiger partial charge is 0.329 e. The van der Waals surface area contributed by atoms with Crippen molar-refractivity contribution in [1.29, 1.82) is 0 Å². The van der Waals surface area contributed by atoms with Crippen LogP contribution in [-0.4, -0.2) is 22.5 Å². The number of hydrogen-bond donors (Lipinski definition) is 2. The number of halogens is 1. The second kappa shape index (κ2) is 6.31. The summed E-state index contributed by atoms with van der Waals surface area (Å²) in [5.74, 6) is -1.56. The molecule has 1 aromatic rings. The Labute approximate surface area is 128 Å². The Morgan fingerprint density at radius 3 is 2.67 bits per heavy atom. The molecule has 2 N–H and O–H groups in total. The molecule has 0 aromatic heterocycles. The van der Waals surface area contributed by atoms with Crippen LogP contribution in [-0.2, 0) is 16.0 Å². The Hall–Kier alpha value is -1.81. The van der Waals surface area contributed by atoms with E-state index < -0.39 is 17.4 Å². The van der Waals surface area contributed by atoms with Crippen molar-refractivity contribution in [2.75, 3.05) is 0 Å². The Kier molecular flexibility index (Phi) is 4.68. The molecule has 1 saturated carbocycles. The fraction of sp³-hybridized carbons (Fsp3) is 0.375. The average molecular weight is 308 g/mol. The van der Waals surface area contributed by atoms with Crippen LogP contribution in [0.4, 0.5) is 0 Å². The minimum Gasteiger partial charge on any atom is -0.479 e. The molecule has 0 spiro atoms. The predicted molar refractivity (Wildman–Crippen MR) is 81.2 cm³/mol. The summed E-state index contributed by atoms with van der Waals surface area (Å²) in [7, 11) is 0. The van der Waals surface area contributed by atoms with Gasteiger partial charge in [-0.15, -0.1) is 0 Å². The van der Waals surface area contributed by atoms with Crippen molar-refractivity contribution in [1.82, 2.24) is 5.32 Å². The second-order valence-corrected chi connectivity index (χ2v) is 5.83. The van der Waals surface area contributed by atoms with Crippen LogP contribution in [0.2, 0.25) is 5.02 Å². The number of benzene rings is 1. The van der Waals surface area contributed by atoms with E-state index in [9.17, 15) is 14.7 Å². The molecule has 21 heavy (non-hydrogen) atoms. The largest absolute Gasteiger partial charge is 0.479 e. The van der Waals surface area contributed by atoms with Crippen LogP contribution in [0.5, 0.6) is 0 Å². The standard InChI is InChI=1S/C16H18ClNO3/c1-2-14(19)18-16(15(20)21)9-3-4-12(16)10-11-5-7-13(17)8-6-11/h2,5-8,12H,1,3-4,9-10H2,(H,18,19)(H,20,21). The van der Waals surface area contributed by atoms with E-state index in [-0.39, 0.29) is 5.92 Å². The molecule has 1 fully saturated rings. The molecule has 2 unspecified atom stereocenters. The van der Waals surface area contributed by atoms with Crippen molar-refractivity contribution in [3.8, 4) is 0 Å². The van der Waals surface area contributed by atoms with Crippen LogP contribution in [0.3, 0.4) is 0 Å². The van der Waals surface area contributed by atoms with Gasteiger partial charge in [-0.05, 0) is 49.0 Å². The molecule has 1 aliphatic rings. The molecule has 112 valence electrons. The maximum absolute atomic E-state index is 11.8. The summed E-state index contributed by atoms with van der Waals surface area (Å²) < 4.78 is 0. The fourth-order valence-electron chi connectivity index (χ4n) is 3.03. The first-order valence-corrected chi connectivity index (χ1v) is 7.28. The lowest BCUT2D eigenvalue weighted by atomic mass is 9.82. The van der Waals surface area contributed by atoms with Gasteiger partial charge in [0.05, 0.1) is 0 Å². The number of carboxylic acids is 1. The second-order valence-electron chi connectivity index (χ2n) is 5.39. The van der Waals surface area contributed by atoms with Gasteiger partial charge in [-0.1, -0.05) is 36.7 Å². The summed E-state index contributed by atoms with van der Waals surface area (Å²) in [4.78, 5) is 23.4. The molecule has 0 bridgehead atoms. The molecule has 5 heteroatoms. The monoisotopic (exact) mass is 307 g/mol. The molecule has 0 heterocycles. The van der Waals surface area contributed by atoms with Crippen LogP contribution in [0.1, 0.15) is 24.8 Å². The highest BCUT2D eigenvalue weighted by Gasteiger charge is 2.49. The van der Waals surface area contributed by atoms with Crippen molar-refractivity contribution < 1.29 is 14.7 Å². The Morgan fingerprint density at radius 1 is 1.43 bits per heavy atom. The number of hydrogen-bond acceptors (Lipinski definition) is 2. The third kappa shape index (κ3) is 3.27. The van der Waals surface area contributed by atoms with Crippen LogP contribution in [0.15, 0.2) is 36.9 Å². The molecule has 0 saturated heterocycles. The Morgan fingerprint density at radius 2 is 2.10 bits per heavy atom. The van der Waals surface area contributed by atoms with E-state index in [0.29, 0.717) is 17.9 Å². The highest BCUT2D eigenvalue weighted by atomic mass is 35.5. The van der Waals surface area contributed by atoms with Gasteiger partial charge in [0.2, 0.25) is 5.91 Å². The van der Waals surface area contributed by atoms with Crippen LogP contribution >= 0.6 is 11.6 Å². The van der Waals surface area contributed by atoms with E-state index in [1.165, 1.54) is 0 Å². The van der Waals surface area contributed by atoms with Gasteiger partial charge in [-0.3, -0.25) is 4.79 Å². The lowest BCUT2D eigenvalue weighted by Gasteiger charge is -2.32. The van der Waals surface area contributed by atoms with Crippen molar-refractivity contribution in [2.45, 2.75) is 31.2 Å². The third-order valence-electron chi connectivity index (χ3n) is 4.13. The summed E-state index contributed by atoms with van der Waals surface area (Å²) >= 11 is 5.86. The predicted octanol–water partition coefficient (Wildman–Crippen LogP) is 2.81. The number of aliphatic carboxylic acids is 1. The summed E-state index contributed by atoms with van der Waals surface area (Å²) in [5.41, 5.74) is -0.185. The lowest BCUT2D eigenvalue weighted by Crippen LogP contribution is -2.57. The van der Waals surface area contributed by atoms with Gasteiger partial charge in [-0.25, -0.2) is 4.79 Å². The van der Waals surface area contributed by atoms with Gasteiger partial charge < -0.3 is 10.4 Å². The van der Waals surface area contributed by atoms with E-state index in [0.717, 1.165) is 24.5 Å². The van der Waals surface area contributed by atoms with E-state index in [1.54, 1.807) is 12.1 Å². The van der Waals surface area contributed by atoms with Crippen LogP contribution in [0.25, 0.3) is 0 Å². The van der Waals surface area contributed by atoms with Gasteiger partial charge in [-0.2, -0.15) is 0 Å². The topological polar surface area (TPSA) is 66.4 Å². The molecular weight excluding hydrogens is 290 g/mol. The number of amides is 1. The highest BCUT2D eigenvalue weighted by molar-refractivity contribution is 6.30. The van der Waals surface area contributed by atoms with E-state index in [2.05, 4.69) is 11.9 Å². The molecule has 1 aromatic carbocycles. The first kappa shape index (κ1) is 15.6. The van der Waals surface area contributed by atoms with Crippen molar-refractivity contribution in [2.24, 2.45) is 5.92 Å². The molecule has 4 nitrogen and oxygen atoms in total. The van der Waals surface area contributed by atoms with Crippen LogP contribution in [0, 0.1) is 5.92 Å². The van der Waals surface area contributed by atoms with E-state index in [4.69, 9.17) is 11.6 Å². The van der Waals surface area contributed by atoms with Crippen molar-refractivity contribution in [3.63, 3.8) is 0 Å². The first-order chi connectivity index (χ1) is 9.98. The zero-order valence-corrected chi connectivity index (χ0v) is 12.4. The number of carboxylic acid groups (broad SMARTS) is 1. The molecular formula is C16H18ClNO3. The molecule has 1 amide bonds. The van der Waals surface area contributed by atoms with Gasteiger partial charge in [0.25, 0.3) is 0 Å². The molecule has 2 atom stereocenters. The molecule has 1 aliphatic carbocycles. The van der Waals surface area contributed by atoms with Crippen LogP contribution < -0.4 is 5.32 Å². The lowest BCUT2D eigenvalue weighted by molar-refractivity contribution is -0.148. The zero-order valence-electron chi connectivity index (χ0n) is 11.6.